The van der Waals surface area contributed by atoms with Crippen LogP contribution in [0.15, 0.2) is 25.0 Å². The van der Waals surface area contributed by atoms with Crippen molar-refractivity contribution in [2.75, 3.05) is 0 Å². The first-order valence-electron chi connectivity index (χ1n) is 6.79. The third-order valence-electron chi connectivity index (χ3n) is 2.68. The number of carbonyl (C=O) groups is 1. The molecule has 0 spiro atoms. The standard InChI is InChI=1S/C15H26O2/c1-3-5-6-7-8-9-10-11-12-13-14-15(16)17-4-2/h4,13-14H,2-3,5-12H2,1H3. The van der Waals surface area contributed by atoms with E-state index in [0.29, 0.717) is 0 Å². The summed E-state index contributed by atoms with van der Waals surface area (Å²) < 4.78 is 4.56. The quantitative estimate of drug-likeness (QED) is 0.224. The van der Waals surface area contributed by atoms with Crippen LogP contribution in [0.1, 0.15) is 64.7 Å². The summed E-state index contributed by atoms with van der Waals surface area (Å²) in [6.07, 6.45) is 16.0. The molecule has 0 rings (SSSR count). The van der Waals surface area contributed by atoms with Gasteiger partial charge >= 0.3 is 5.97 Å². The molecule has 0 aliphatic rings. The lowest BCUT2D eigenvalue weighted by Gasteiger charge is -1.99. The van der Waals surface area contributed by atoms with Crippen molar-refractivity contribution < 1.29 is 9.53 Å². The third kappa shape index (κ3) is 12.9. The van der Waals surface area contributed by atoms with Crippen LogP contribution in [0.3, 0.4) is 0 Å². The molecule has 0 saturated heterocycles. The van der Waals surface area contributed by atoms with Crippen LogP contribution in [0.4, 0.5) is 0 Å². The summed E-state index contributed by atoms with van der Waals surface area (Å²) >= 11 is 0. The van der Waals surface area contributed by atoms with Gasteiger partial charge in [-0.1, -0.05) is 64.5 Å². The molecule has 0 aliphatic carbocycles. The van der Waals surface area contributed by atoms with E-state index in [1.165, 1.54) is 51.0 Å². The average Bonchev–Trinajstić information content (AvgIpc) is 2.32. The molecule has 0 atom stereocenters. The molecule has 17 heavy (non-hydrogen) atoms. The molecule has 0 bridgehead atoms. The predicted molar refractivity (Wildman–Crippen MR) is 72.7 cm³/mol. The zero-order valence-electron chi connectivity index (χ0n) is 11.1. The van der Waals surface area contributed by atoms with Gasteiger partial charge in [0.2, 0.25) is 0 Å². The van der Waals surface area contributed by atoms with E-state index in [1.54, 1.807) is 0 Å². The van der Waals surface area contributed by atoms with Crippen LogP contribution in [0.2, 0.25) is 0 Å². The van der Waals surface area contributed by atoms with Gasteiger partial charge in [0.05, 0.1) is 6.26 Å². The van der Waals surface area contributed by atoms with Crippen LogP contribution in [0.5, 0.6) is 0 Å². The van der Waals surface area contributed by atoms with Gasteiger partial charge in [-0.15, -0.1) is 0 Å². The van der Waals surface area contributed by atoms with Gasteiger partial charge in [0.25, 0.3) is 0 Å². The van der Waals surface area contributed by atoms with Crippen molar-refractivity contribution in [3.63, 3.8) is 0 Å². The fourth-order valence-corrected chi connectivity index (χ4v) is 1.70. The number of allylic oxidation sites excluding steroid dienone is 1. The van der Waals surface area contributed by atoms with Crippen molar-refractivity contribution in [3.8, 4) is 0 Å². The van der Waals surface area contributed by atoms with E-state index in [9.17, 15) is 4.79 Å². The number of esters is 1. The van der Waals surface area contributed by atoms with Crippen LogP contribution in [-0.4, -0.2) is 5.97 Å². The molecule has 2 nitrogen and oxygen atoms in total. The molecule has 0 N–H and O–H groups in total. The molecular formula is C15H26O2. The Kier molecular flexibility index (Phi) is 12.2. The number of hydrogen-bond acceptors (Lipinski definition) is 2. The maximum Gasteiger partial charge on any atom is 0.335 e. The molecule has 0 aliphatic heterocycles. The van der Waals surface area contributed by atoms with Gasteiger partial charge in [0, 0.05) is 6.08 Å². The molecule has 0 saturated carbocycles. The van der Waals surface area contributed by atoms with E-state index in [-0.39, 0.29) is 5.97 Å². The van der Waals surface area contributed by atoms with Crippen LogP contribution >= 0.6 is 0 Å². The van der Waals surface area contributed by atoms with Crippen LogP contribution in [0, 0.1) is 0 Å². The molecule has 0 aromatic rings. The average molecular weight is 238 g/mol. The van der Waals surface area contributed by atoms with E-state index in [0.717, 1.165) is 19.1 Å². The number of ether oxygens (including phenoxy) is 1. The summed E-state index contributed by atoms with van der Waals surface area (Å²) in [5.41, 5.74) is 0. The van der Waals surface area contributed by atoms with Crippen molar-refractivity contribution in [2.24, 2.45) is 0 Å². The Morgan fingerprint density at radius 3 is 2.24 bits per heavy atom. The predicted octanol–water partition coefficient (Wildman–Crippen LogP) is 4.76. The maximum atomic E-state index is 10.9. The monoisotopic (exact) mass is 238 g/mol. The highest BCUT2D eigenvalue weighted by molar-refractivity contribution is 5.82. The van der Waals surface area contributed by atoms with Crippen molar-refractivity contribution in [1.82, 2.24) is 0 Å². The van der Waals surface area contributed by atoms with Crippen molar-refractivity contribution in [3.05, 3.63) is 25.0 Å². The minimum absolute atomic E-state index is 0.334. The molecule has 0 fully saturated rings. The Labute approximate surface area is 106 Å². The van der Waals surface area contributed by atoms with Gasteiger partial charge in [0.1, 0.15) is 0 Å². The maximum absolute atomic E-state index is 10.9. The first-order valence-corrected chi connectivity index (χ1v) is 6.79. The van der Waals surface area contributed by atoms with E-state index in [1.807, 2.05) is 6.08 Å². The zero-order chi connectivity index (χ0) is 12.8. The summed E-state index contributed by atoms with van der Waals surface area (Å²) in [6.45, 7) is 5.56. The Morgan fingerprint density at radius 1 is 1.06 bits per heavy atom. The second-order valence-corrected chi connectivity index (χ2v) is 4.27. The number of unbranched alkanes of at least 4 members (excludes halogenated alkanes) is 8. The van der Waals surface area contributed by atoms with E-state index in [4.69, 9.17) is 0 Å². The Hall–Kier alpha value is -1.05. The lowest BCUT2D eigenvalue weighted by molar-refractivity contribution is -0.132. The SMILES string of the molecule is C=COC(=O)C=CCCCCCCCCCC. The smallest absolute Gasteiger partial charge is 0.335 e. The number of hydrogen-bond donors (Lipinski definition) is 0. The van der Waals surface area contributed by atoms with E-state index in [2.05, 4.69) is 18.2 Å². The van der Waals surface area contributed by atoms with Crippen molar-refractivity contribution in [2.45, 2.75) is 64.7 Å². The highest BCUT2D eigenvalue weighted by Crippen LogP contribution is 2.09. The van der Waals surface area contributed by atoms with E-state index < -0.39 is 0 Å². The van der Waals surface area contributed by atoms with Gasteiger partial charge in [-0.25, -0.2) is 4.79 Å². The zero-order valence-corrected chi connectivity index (χ0v) is 11.1. The highest BCUT2D eigenvalue weighted by atomic mass is 16.5. The summed E-state index contributed by atoms with van der Waals surface area (Å²) in [5.74, 6) is -0.334. The minimum Gasteiger partial charge on any atom is -0.432 e. The number of carbonyl (C=O) groups excluding carboxylic acids is 1. The highest BCUT2D eigenvalue weighted by Gasteiger charge is 1.92. The fourth-order valence-electron chi connectivity index (χ4n) is 1.70. The minimum atomic E-state index is -0.334. The molecule has 98 valence electrons. The summed E-state index contributed by atoms with van der Waals surface area (Å²) in [6, 6.07) is 0. The van der Waals surface area contributed by atoms with E-state index >= 15 is 0 Å². The molecule has 0 aromatic carbocycles. The Bertz CT molecular complexity index is 219. The van der Waals surface area contributed by atoms with Crippen LogP contribution in [-0.2, 0) is 9.53 Å². The summed E-state index contributed by atoms with van der Waals surface area (Å²) in [5, 5.41) is 0. The van der Waals surface area contributed by atoms with Crippen LogP contribution < -0.4 is 0 Å². The van der Waals surface area contributed by atoms with Gasteiger partial charge in [-0.05, 0) is 12.8 Å². The lowest BCUT2D eigenvalue weighted by atomic mass is 10.1. The summed E-state index contributed by atoms with van der Waals surface area (Å²) in [4.78, 5) is 10.9. The topological polar surface area (TPSA) is 26.3 Å². The van der Waals surface area contributed by atoms with Crippen molar-refractivity contribution >= 4 is 5.97 Å². The molecule has 0 radical (unpaired) electrons. The number of rotatable bonds is 11. The van der Waals surface area contributed by atoms with Gasteiger partial charge < -0.3 is 4.74 Å². The second-order valence-electron chi connectivity index (χ2n) is 4.27. The molecule has 0 aromatic heterocycles. The van der Waals surface area contributed by atoms with Crippen LogP contribution in [0.25, 0.3) is 0 Å². The molecule has 0 heterocycles. The first kappa shape index (κ1) is 16.0. The van der Waals surface area contributed by atoms with Gasteiger partial charge in [-0.3, -0.25) is 0 Å². The van der Waals surface area contributed by atoms with Gasteiger partial charge in [0.15, 0.2) is 0 Å². The Morgan fingerprint density at radius 2 is 1.65 bits per heavy atom. The largest absolute Gasteiger partial charge is 0.432 e. The summed E-state index contributed by atoms with van der Waals surface area (Å²) in [7, 11) is 0. The molecular weight excluding hydrogens is 212 g/mol. The third-order valence-corrected chi connectivity index (χ3v) is 2.68. The molecule has 0 unspecified atom stereocenters. The normalized spacial score (nSPS) is 10.6. The first-order chi connectivity index (χ1) is 8.31. The second kappa shape index (κ2) is 13.0. The Balaban J connectivity index is 3.17. The van der Waals surface area contributed by atoms with Crippen molar-refractivity contribution in [1.29, 1.82) is 0 Å². The fraction of sp³-hybridized carbons (Fsp3) is 0.667. The van der Waals surface area contributed by atoms with Gasteiger partial charge in [-0.2, -0.15) is 0 Å². The lowest BCUT2D eigenvalue weighted by Crippen LogP contribution is -1.92. The molecule has 0 amide bonds. The molecule has 2 heteroatoms.